The zero-order valence-electron chi connectivity index (χ0n) is 14.9. The molecule has 0 aliphatic rings. The van der Waals surface area contributed by atoms with E-state index >= 15 is 0 Å². The number of amides is 1. The molecule has 0 aliphatic carbocycles. The summed E-state index contributed by atoms with van der Waals surface area (Å²) < 4.78 is 11.3. The number of ether oxygens (including phenoxy) is 2. The van der Waals surface area contributed by atoms with E-state index in [1.807, 2.05) is 61.5 Å². The fourth-order valence-electron chi connectivity index (χ4n) is 2.45. The minimum absolute atomic E-state index is 0.143. The smallest absolute Gasteiger partial charge is 0.411 e. The maximum atomic E-state index is 12.6. The summed E-state index contributed by atoms with van der Waals surface area (Å²) in [6.45, 7) is 3.81. The number of benzene rings is 2. The van der Waals surface area contributed by atoms with Crippen molar-refractivity contribution in [2.45, 2.75) is 26.5 Å². The lowest BCUT2D eigenvalue weighted by atomic mass is 10.1. The Balaban J connectivity index is 2.13. The van der Waals surface area contributed by atoms with Crippen molar-refractivity contribution in [3.05, 3.63) is 70.2 Å². The number of hydrogen-bond donors (Lipinski definition) is 0. The highest BCUT2D eigenvalue weighted by Gasteiger charge is 2.26. The minimum atomic E-state index is -0.561. The Morgan fingerprint density at radius 2 is 1.81 bits per heavy atom. The van der Waals surface area contributed by atoms with Crippen LogP contribution in [-0.2, 0) is 20.9 Å². The van der Waals surface area contributed by atoms with Crippen LogP contribution in [0.2, 0.25) is 0 Å². The third-order valence-corrected chi connectivity index (χ3v) is 4.34. The molecule has 1 amide bonds. The molecule has 0 radical (unpaired) electrons. The number of esters is 1. The Morgan fingerprint density at radius 1 is 1.08 bits per heavy atom. The summed E-state index contributed by atoms with van der Waals surface area (Å²) in [6.07, 6.45) is -0.561. The zero-order valence-corrected chi connectivity index (χ0v) is 16.4. The first-order valence-electron chi connectivity index (χ1n) is 8.39. The van der Waals surface area contributed by atoms with Crippen LogP contribution < -0.4 is 0 Å². The van der Waals surface area contributed by atoms with Crippen molar-refractivity contribution >= 4 is 28.0 Å². The summed E-state index contributed by atoms with van der Waals surface area (Å²) in [7, 11) is 0. The number of hydrogen-bond acceptors (Lipinski definition) is 4. The molecule has 6 heteroatoms. The van der Waals surface area contributed by atoms with Crippen LogP contribution in [0.3, 0.4) is 0 Å². The number of carbonyl (C=O) groups excluding carboxylic acids is 2. The van der Waals surface area contributed by atoms with E-state index in [-0.39, 0.29) is 25.8 Å². The second-order valence-electron chi connectivity index (χ2n) is 5.70. The van der Waals surface area contributed by atoms with E-state index in [4.69, 9.17) is 9.47 Å². The predicted octanol–water partition coefficient (Wildman–Crippen LogP) is 4.71. The molecule has 0 bridgehead atoms. The van der Waals surface area contributed by atoms with E-state index in [0.717, 1.165) is 15.6 Å². The van der Waals surface area contributed by atoms with Gasteiger partial charge in [-0.3, -0.25) is 9.69 Å². The molecule has 0 heterocycles. The molecule has 1 atom stereocenters. The normalized spacial score (nSPS) is 11.5. The van der Waals surface area contributed by atoms with E-state index in [2.05, 4.69) is 15.9 Å². The van der Waals surface area contributed by atoms with Gasteiger partial charge in [-0.25, -0.2) is 4.79 Å². The van der Waals surface area contributed by atoms with Gasteiger partial charge in [0.15, 0.2) is 0 Å². The zero-order chi connectivity index (χ0) is 18.9. The average molecular weight is 420 g/mol. The largest absolute Gasteiger partial charge is 0.465 e. The maximum Gasteiger partial charge on any atom is 0.411 e. The van der Waals surface area contributed by atoms with Crippen LogP contribution in [0.25, 0.3) is 0 Å². The lowest BCUT2D eigenvalue weighted by Gasteiger charge is -2.28. The molecule has 0 aliphatic heterocycles. The van der Waals surface area contributed by atoms with E-state index < -0.39 is 12.1 Å². The third-order valence-electron chi connectivity index (χ3n) is 3.84. The van der Waals surface area contributed by atoms with Crippen molar-refractivity contribution in [3.63, 3.8) is 0 Å². The van der Waals surface area contributed by atoms with E-state index in [9.17, 15) is 9.59 Å². The molecule has 0 fully saturated rings. The quantitative estimate of drug-likeness (QED) is 0.609. The van der Waals surface area contributed by atoms with Gasteiger partial charge in [0.05, 0.1) is 12.6 Å². The monoisotopic (exact) mass is 419 g/mol. The molecular formula is C20H22BrNO4. The molecule has 0 spiro atoms. The van der Waals surface area contributed by atoms with Gasteiger partial charge in [-0.15, -0.1) is 0 Å². The Hall–Kier alpha value is -2.34. The molecule has 0 aromatic heterocycles. The molecule has 0 saturated heterocycles. The molecular weight excluding hydrogens is 398 g/mol. The Kier molecular flexibility index (Phi) is 7.66. The molecule has 2 aromatic rings. The lowest BCUT2D eigenvalue weighted by molar-refractivity contribution is -0.144. The highest BCUT2D eigenvalue weighted by Crippen LogP contribution is 2.24. The standard InChI is InChI=1S/C20H22BrNO4/c1-3-25-19(23)13-22(15(2)17-10-7-11-18(21)12-17)20(24)26-14-16-8-5-4-6-9-16/h4-12,15H,3,13-14H2,1-2H3. The first kappa shape index (κ1) is 20.0. The van der Waals surface area contributed by atoms with Crippen molar-refractivity contribution in [2.75, 3.05) is 13.2 Å². The second-order valence-corrected chi connectivity index (χ2v) is 6.62. The minimum Gasteiger partial charge on any atom is -0.465 e. The van der Waals surface area contributed by atoms with Crippen LogP contribution in [-0.4, -0.2) is 30.1 Å². The van der Waals surface area contributed by atoms with Gasteiger partial charge in [-0.05, 0) is 37.1 Å². The first-order valence-corrected chi connectivity index (χ1v) is 9.19. The van der Waals surface area contributed by atoms with Crippen molar-refractivity contribution in [1.29, 1.82) is 0 Å². The van der Waals surface area contributed by atoms with Crippen molar-refractivity contribution < 1.29 is 19.1 Å². The van der Waals surface area contributed by atoms with Crippen LogP contribution in [0.5, 0.6) is 0 Å². The fourth-order valence-corrected chi connectivity index (χ4v) is 2.87. The van der Waals surface area contributed by atoms with Gasteiger partial charge in [-0.1, -0.05) is 58.4 Å². The van der Waals surface area contributed by atoms with Crippen molar-refractivity contribution in [2.24, 2.45) is 0 Å². The van der Waals surface area contributed by atoms with Crippen molar-refractivity contribution in [1.82, 2.24) is 4.90 Å². The Bertz CT molecular complexity index is 736. The molecule has 0 N–H and O–H groups in total. The number of halogens is 1. The summed E-state index contributed by atoms with van der Waals surface area (Å²) in [6, 6.07) is 16.7. The molecule has 2 aromatic carbocycles. The molecule has 26 heavy (non-hydrogen) atoms. The molecule has 5 nitrogen and oxygen atoms in total. The van der Waals surface area contributed by atoms with E-state index in [0.29, 0.717) is 0 Å². The van der Waals surface area contributed by atoms with Gasteiger partial charge in [0.25, 0.3) is 0 Å². The summed E-state index contributed by atoms with van der Waals surface area (Å²) in [4.78, 5) is 26.0. The first-order chi connectivity index (χ1) is 12.5. The second kappa shape index (κ2) is 9.97. The van der Waals surface area contributed by atoms with Gasteiger partial charge < -0.3 is 9.47 Å². The summed E-state index contributed by atoms with van der Waals surface area (Å²) in [5, 5.41) is 0. The molecule has 2 rings (SSSR count). The maximum absolute atomic E-state index is 12.6. The molecule has 0 saturated carbocycles. The number of carbonyl (C=O) groups is 2. The van der Waals surface area contributed by atoms with Gasteiger partial charge in [0.1, 0.15) is 13.2 Å². The van der Waals surface area contributed by atoms with Gasteiger partial charge >= 0.3 is 12.1 Å². The van der Waals surface area contributed by atoms with Crippen LogP contribution in [0.4, 0.5) is 4.79 Å². The van der Waals surface area contributed by atoms with Crippen LogP contribution in [0, 0.1) is 0 Å². The third kappa shape index (κ3) is 5.88. The molecule has 1 unspecified atom stereocenters. The number of rotatable bonds is 7. The van der Waals surface area contributed by atoms with E-state index in [1.54, 1.807) is 6.92 Å². The van der Waals surface area contributed by atoms with Gasteiger partial charge in [0.2, 0.25) is 0 Å². The van der Waals surface area contributed by atoms with Crippen molar-refractivity contribution in [3.8, 4) is 0 Å². The summed E-state index contributed by atoms with van der Waals surface area (Å²) in [5.74, 6) is -0.467. The Labute approximate surface area is 162 Å². The highest BCUT2D eigenvalue weighted by atomic mass is 79.9. The Morgan fingerprint density at radius 3 is 2.46 bits per heavy atom. The van der Waals surface area contributed by atoms with Gasteiger partial charge in [0, 0.05) is 4.47 Å². The summed E-state index contributed by atoms with van der Waals surface area (Å²) >= 11 is 3.43. The fraction of sp³-hybridized carbons (Fsp3) is 0.300. The highest BCUT2D eigenvalue weighted by molar-refractivity contribution is 9.10. The molecule has 138 valence electrons. The van der Waals surface area contributed by atoms with Gasteiger partial charge in [-0.2, -0.15) is 0 Å². The van der Waals surface area contributed by atoms with Crippen LogP contribution >= 0.6 is 15.9 Å². The average Bonchev–Trinajstić information content (AvgIpc) is 2.64. The predicted molar refractivity (Wildman–Crippen MR) is 103 cm³/mol. The summed E-state index contributed by atoms with van der Waals surface area (Å²) in [5.41, 5.74) is 1.77. The van der Waals surface area contributed by atoms with E-state index in [1.165, 1.54) is 4.90 Å². The number of nitrogens with zero attached hydrogens (tertiary/aromatic N) is 1. The van der Waals surface area contributed by atoms with Crippen LogP contribution in [0.15, 0.2) is 59.1 Å². The SMILES string of the molecule is CCOC(=O)CN(C(=O)OCc1ccccc1)C(C)c1cccc(Br)c1. The van der Waals surface area contributed by atoms with Crippen LogP contribution in [0.1, 0.15) is 31.0 Å². The lowest BCUT2D eigenvalue weighted by Crippen LogP contribution is -2.38. The topological polar surface area (TPSA) is 55.8 Å².